The number of benzene rings is 1. The molecule has 0 bridgehead atoms. The summed E-state index contributed by atoms with van der Waals surface area (Å²) < 4.78 is 121. The van der Waals surface area contributed by atoms with E-state index in [0.29, 0.717) is 13.2 Å². The van der Waals surface area contributed by atoms with Crippen molar-refractivity contribution in [2.45, 2.75) is 31.0 Å². The Kier molecular flexibility index (Phi) is 5.06. The highest BCUT2D eigenvalue weighted by atomic mass is 19.3. The van der Waals surface area contributed by atoms with Gasteiger partial charge in [0.2, 0.25) is 11.8 Å². The maximum atomic E-state index is 15.4. The van der Waals surface area contributed by atoms with Crippen molar-refractivity contribution < 1.29 is 39.9 Å². The van der Waals surface area contributed by atoms with Crippen LogP contribution in [0.4, 0.5) is 32.3 Å². The lowest BCUT2D eigenvalue weighted by molar-refractivity contribution is -0.0711. The van der Waals surface area contributed by atoms with Gasteiger partial charge in [0.05, 0.1) is 67.1 Å². The van der Waals surface area contributed by atoms with E-state index in [1.165, 1.54) is 6.07 Å². The number of likely N-dealkylation sites (tertiary alicyclic amines) is 1. The van der Waals surface area contributed by atoms with E-state index < -0.39 is 67.5 Å². The van der Waals surface area contributed by atoms with E-state index >= 15 is 4.39 Å². The molecule has 5 heterocycles. The van der Waals surface area contributed by atoms with Crippen LogP contribution in [0.25, 0.3) is 27.7 Å². The van der Waals surface area contributed by atoms with Gasteiger partial charge in [-0.05, 0) is 17.7 Å². The third-order valence-electron chi connectivity index (χ3n) is 6.73. The van der Waals surface area contributed by atoms with Crippen LogP contribution in [0.1, 0.15) is 4.11 Å². The minimum atomic E-state index is -3.21. The molecule has 1 aromatic carbocycles. The molecule has 38 heavy (non-hydrogen) atoms. The number of alkyl halides is 4. The number of ether oxygens (including phenoxy) is 2. The molecule has 2 aliphatic heterocycles. The topological polar surface area (TPSA) is 81.7 Å². The predicted molar refractivity (Wildman–Crippen MR) is 123 cm³/mol. The van der Waals surface area contributed by atoms with Crippen molar-refractivity contribution >= 4 is 22.5 Å². The summed E-state index contributed by atoms with van der Waals surface area (Å²) in [4.78, 5) is 9.32. The molecule has 0 spiro atoms. The zero-order chi connectivity index (χ0) is 29.3. The number of aromatic nitrogens is 5. The van der Waals surface area contributed by atoms with E-state index in [1.54, 1.807) is 4.90 Å². The van der Waals surface area contributed by atoms with Crippen molar-refractivity contribution in [3.63, 3.8) is 0 Å². The molecule has 0 unspecified atom stereocenters. The van der Waals surface area contributed by atoms with Crippen molar-refractivity contribution in [3.8, 4) is 17.0 Å². The molecule has 0 aliphatic carbocycles. The Morgan fingerprint density at radius 3 is 2.79 bits per heavy atom. The lowest BCUT2D eigenvalue weighted by Crippen LogP contribution is -2.48. The highest BCUT2D eigenvalue weighted by Gasteiger charge is 2.51. The number of methoxy groups -OCH3 is 1. The SMILES string of the molecule is [2H]C([2H])([2H])Oc1nc(N[C@@H]2CN(C3COC3)CC2(F)F)nn2cc(F)c(-c3cc(F)c4ncn(CC(F)F)c4c3)c12. The van der Waals surface area contributed by atoms with Gasteiger partial charge in [0.15, 0.2) is 11.6 Å². The smallest absolute Gasteiger partial charge is 0.281 e. The Balaban J connectivity index is 1.44. The molecule has 0 saturated carbocycles. The normalized spacial score (nSPS) is 21.6. The first-order chi connectivity index (χ1) is 19.3. The molecule has 0 amide bonds. The van der Waals surface area contributed by atoms with Crippen LogP contribution < -0.4 is 10.1 Å². The maximum Gasteiger partial charge on any atom is 0.281 e. The minimum absolute atomic E-state index is 0.0681. The summed E-state index contributed by atoms with van der Waals surface area (Å²) in [5, 5.41) is 6.54. The number of hydrogen-bond acceptors (Lipinski definition) is 7. The standard InChI is InChI=1S/C23H21F6N7O2/c1-37-21-20-18(11-2-13(24)19-15(3-11)35(10-30-19)6-17(26)27)14(25)4-36(20)33-22(32-21)31-16-5-34(9-23(16,28)29)12-7-38-8-12/h2-4,10,12,16-17H,5-9H2,1H3,(H,31,33)/t16-/m1/s1/i1D3. The monoisotopic (exact) mass is 544 g/mol. The van der Waals surface area contributed by atoms with Crippen molar-refractivity contribution in [2.24, 2.45) is 0 Å². The molecule has 9 nitrogen and oxygen atoms in total. The Bertz CT molecular complexity index is 1630. The lowest BCUT2D eigenvalue weighted by atomic mass is 10.1. The molecule has 1 atom stereocenters. The van der Waals surface area contributed by atoms with Gasteiger partial charge in [0.1, 0.15) is 17.1 Å². The number of halogens is 6. The van der Waals surface area contributed by atoms with Crippen LogP contribution in [-0.2, 0) is 11.3 Å². The number of rotatable bonds is 7. The highest BCUT2D eigenvalue weighted by Crippen LogP contribution is 2.37. The van der Waals surface area contributed by atoms with E-state index in [0.717, 1.165) is 27.7 Å². The molecule has 0 radical (unpaired) electrons. The number of hydrogen-bond donors (Lipinski definition) is 1. The van der Waals surface area contributed by atoms with Gasteiger partial charge < -0.3 is 19.4 Å². The fourth-order valence-electron chi connectivity index (χ4n) is 4.82. The summed E-state index contributed by atoms with van der Waals surface area (Å²) in [6.07, 6.45) is -0.959. The summed E-state index contributed by atoms with van der Waals surface area (Å²) >= 11 is 0. The first kappa shape index (κ1) is 21.4. The minimum Gasteiger partial charge on any atom is -0.479 e. The third-order valence-corrected chi connectivity index (χ3v) is 6.73. The Labute approximate surface area is 215 Å². The van der Waals surface area contributed by atoms with Gasteiger partial charge in [0, 0.05) is 6.54 Å². The van der Waals surface area contributed by atoms with Gasteiger partial charge in [-0.15, -0.1) is 5.10 Å². The second kappa shape index (κ2) is 9.01. The largest absolute Gasteiger partial charge is 0.479 e. The number of fused-ring (bicyclic) bond motifs is 2. The van der Waals surface area contributed by atoms with Gasteiger partial charge in [-0.25, -0.2) is 35.8 Å². The molecule has 2 aliphatic rings. The molecule has 1 N–H and O–H groups in total. The predicted octanol–water partition coefficient (Wildman–Crippen LogP) is 3.43. The van der Waals surface area contributed by atoms with Crippen LogP contribution in [0.2, 0.25) is 0 Å². The average molecular weight is 544 g/mol. The van der Waals surface area contributed by atoms with Crippen LogP contribution in [0, 0.1) is 11.6 Å². The fourth-order valence-corrected chi connectivity index (χ4v) is 4.82. The fraction of sp³-hybridized carbons (Fsp3) is 0.435. The van der Waals surface area contributed by atoms with Crippen LogP contribution in [0.5, 0.6) is 5.88 Å². The van der Waals surface area contributed by atoms with Crippen molar-refractivity contribution in [1.82, 2.24) is 29.0 Å². The zero-order valence-electron chi connectivity index (χ0n) is 22.3. The number of imidazole rings is 1. The molecule has 2 saturated heterocycles. The number of anilines is 1. The maximum absolute atomic E-state index is 15.4. The van der Waals surface area contributed by atoms with Crippen LogP contribution in [-0.4, -0.2) is 86.8 Å². The second-order valence-corrected chi connectivity index (χ2v) is 9.18. The zero-order valence-corrected chi connectivity index (χ0v) is 19.3. The Hall–Kier alpha value is -3.59. The van der Waals surface area contributed by atoms with Crippen molar-refractivity contribution in [2.75, 3.05) is 38.7 Å². The first-order valence-corrected chi connectivity index (χ1v) is 11.5. The number of nitrogens with one attached hydrogen (secondary N) is 1. The third kappa shape index (κ3) is 4.09. The molecule has 4 aromatic rings. The van der Waals surface area contributed by atoms with Gasteiger partial charge >= 0.3 is 0 Å². The Morgan fingerprint density at radius 1 is 1.26 bits per heavy atom. The van der Waals surface area contributed by atoms with E-state index in [2.05, 4.69) is 20.4 Å². The Morgan fingerprint density at radius 2 is 2.08 bits per heavy atom. The van der Waals surface area contributed by atoms with Crippen molar-refractivity contribution in [1.29, 1.82) is 0 Å². The van der Waals surface area contributed by atoms with Crippen molar-refractivity contribution in [3.05, 3.63) is 36.3 Å². The second-order valence-electron chi connectivity index (χ2n) is 9.18. The van der Waals surface area contributed by atoms with Crippen LogP contribution in [0.15, 0.2) is 24.7 Å². The molecule has 2 fully saturated rings. The molecular formula is C23H21F6N7O2. The summed E-state index contributed by atoms with van der Waals surface area (Å²) in [6, 6.07) is 0.466. The lowest BCUT2D eigenvalue weighted by Gasteiger charge is -2.34. The molecular weight excluding hydrogens is 520 g/mol. The highest BCUT2D eigenvalue weighted by molar-refractivity contribution is 5.90. The van der Waals surface area contributed by atoms with E-state index in [1.807, 2.05) is 0 Å². The van der Waals surface area contributed by atoms with E-state index in [-0.39, 0.29) is 34.7 Å². The summed E-state index contributed by atoms with van der Waals surface area (Å²) in [5.74, 6) is -6.35. The van der Waals surface area contributed by atoms with Gasteiger partial charge in [-0.3, -0.25) is 4.90 Å². The molecule has 6 rings (SSSR count). The number of nitrogens with zero attached hydrogens (tertiary/aromatic N) is 6. The van der Waals surface area contributed by atoms with E-state index in [4.69, 9.17) is 13.6 Å². The van der Waals surface area contributed by atoms with Gasteiger partial charge in [-0.1, -0.05) is 0 Å². The summed E-state index contributed by atoms with van der Waals surface area (Å²) in [6.45, 7) is -0.793. The van der Waals surface area contributed by atoms with Gasteiger partial charge in [-0.2, -0.15) is 4.98 Å². The van der Waals surface area contributed by atoms with Crippen LogP contribution >= 0.6 is 0 Å². The molecule has 202 valence electrons. The quantitative estimate of drug-likeness (QED) is 0.357. The van der Waals surface area contributed by atoms with Crippen LogP contribution in [0.3, 0.4) is 0 Å². The summed E-state index contributed by atoms with van der Waals surface area (Å²) in [7, 11) is -3.10. The molecule has 3 aromatic heterocycles. The molecule has 15 heteroatoms. The first-order valence-electron chi connectivity index (χ1n) is 13.0. The summed E-state index contributed by atoms with van der Waals surface area (Å²) in [5.41, 5.74) is -1.23. The van der Waals surface area contributed by atoms with Gasteiger partial charge in [0.25, 0.3) is 12.3 Å². The average Bonchev–Trinajstić information content (AvgIpc) is 3.44. The van der Waals surface area contributed by atoms with E-state index in [9.17, 15) is 22.0 Å².